The Morgan fingerprint density at radius 2 is 1.04 bits per heavy atom. The van der Waals surface area contributed by atoms with Crippen LogP contribution in [0.25, 0.3) is 0 Å². The second kappa shape index (κ2) is 18.4. The van der Waals surface area contributed by atoms with E-state index in [1.165, 1.54) is 12.1 Å². The monoisotopic (exact) mass is 828 g/mol. The molecule has 0 saturated heterocycles. The highest BCUT2D eigenvalue weighted by molar-refractivity contribution is 6.32. The van der Waals surface area contributed by atoms with Crippen LogP contribution in [0, 0.1) is 6.92 Å². The number of anilines is 4. The number of carbonyl (C=O) groups excluding carboxylic acids is 2. The van der Waals surface area contributed by atoms with Gasteiger partial charge in [-0.05, 0) is 116 Å². The minimum Gasteiger partial charge on any atom is -0.457 e. The summed E-state index contributed by atoms with van der Waals surface area (Å²) in [6, 6.07) is 23.2. The topological polar surface area (TPSA) is 126 Å². The number of hydrogen-bond acceptors (Lipinski definition) is 6. The molecule has 0 bridgehead atoms. The lowest BCUT2D eigenvalue weighted by atomic mass is 10.2. The van der Waals surface area contributed by atoms with Gasteiger partial charge in [0.15, 0.2) is 0 Å². The molecule has 0 fully saturated rings. The Morgan fingerprint density at radius 1 is 0.544 bits per heavy atom. The molecule has 0 saturated carbocycles. The minimum absolute atomic E-state index is 0.0339. The molecule has 10 nitrogen and oxygen atoms in total. The van der Waals surface area contributed by atoms with E-state index in [1.54, 1.807) is 98.4 Å². The Hall–Kier alpha value is -6.52. The number of rotatable bonds is 8. The summed E-state index contributed by atoms with van der Waals surface area (Å²) in [5.74, 6) is 2.27. The molecule has 4 aromatic carbocycles. The van der Waals surface area contributed by atoms with E-state index in [9.17, 15) is 35.9 Å². The number of nitrogens with zero attached hydrogens (tertiary/aromatic N) is 2. The molecule has 6 aromatic rings. The predicted octanol–water partition coefficient (Wildman–Crippen LogP) is 12.7. The van der Waals surface area contributed by atoms with E-state index in [2.05, 4.69) is 31.2 Å². The van der Waals surface area contributed by atoms with Crippen LogP contribution in [0.1, 0.15) is 16.7 Å². The van der Waals surface area contributed by atoms with Crippen molar-refractivity contribution in [3.63, 3.8) is 0 Å². The lowest BCUT2D eigenvalue weighted by Gasteiger charge is -2.14. The van der Waals surface area contributed by atoms with E-state index in [0.29, 0.717) is 39.9 Å². The number of alkyl halides is 6. The second-order valence-corrected chi connectivity index (χ2v) is 12.4. The molecule has 6 rings (SSSR count). The van der Waals surface area contributed by atoms with Crippen molar-refractivity contribution in [3.8, 4) is 23.0 Å². The molecule has 0 aliphatic rings. The van der Waals surface area contributed by atoms with Crippen LogP contribution in [-0.4, -0.2) is 22.0 Å². The van der Waals surface area contributed by atoms with Crippen molar-refractivity contribution in [2.45, 2.75) is 19.3 Å². The number of carbonyl (C=O) groups is 2. The normalized spacial score (nSPS) is 11.0. The fourth-order valence-electron chi connectivity index (χ4n) is 4.75. The summed E-state index contributed by atoms with van der Waals surface area (Å²) in [5.41, 5.74) is -0.501. The number of amides is 4. The van der Waals surface area contributed by atoms with E-state index < -0.39 is 45.6 Å². The average molecular weight is 830 g/mol. The van der Waals surface area contributed by atoms with Crippen LogP contribution in [0.2, 0.25) is 10.0 Å². The molecule has 4 N–H and O–H groups in total. The molecular weight excluding hydrogens is 801 g/mol. The summed E-state index contributed by atoms with van der Waals surface area (Å²) in [5, 5.41) is 8.93. The summed E-state index contributed by atoms with van der Waals surface area (Å²) in [6.07, 6.45) is -2.85. The number of ether oxygens (including phenoxy) is 2. The SMILES string of the molecule is Cc1cc(Oc2cccnc2)ccc1NC(=O)Nc1ccc(Cl)c(C(F)(F)F)c1.O=C(Nc1ccc(Oc2ccncc2)cc1)Nc1ccc(Cl)c(C(F)(F)F)c1. The molecule has 0 aliphatic carbocycles. The van der Waals surface area contributed by atoms with Crippen LogP contribution in [0.15, 0.2) is 128 Å². The van der Waals surface area contributed by atoms with E-state index in [1.807, 2.05) is 0 Å². The first kappa shape index (κ1) is 41.6. The largest absolute Gasteiger partial charge is 0.457 e. The summed E-state index contributed by atoms with van der Waals surface area (Å²) >= 11 is 11.1. The molecule has 2 heterocycles. The van der Waals surface area contributed by atoms with Gasteiger partial charge in [-0.1, -0.05) is 23.2 Å². The third-order valence-corrected chi connectivity index (χ3v) is 8.03. The number of pyridine rings is 2. The molecule has 0 atom stereocenters. The number of nitrogens with one attached hydrogen (secondary N) is 4. The number of halogens is 8. The first-order valence-corrected chi connectivity index (χ1v) is 17.0. The molecule has 2 aromatic heterocycles. The maximum absolute atomic E-state index is 12.9. The van der Waals surface area contributed by atoms with Gasteiger partial charge in [-0.3, -0.25) is 9.97 Å². The van der Waals surface area contributed by atoms with Crippen molar-refractivity contribution in [1.82, 2.24) is 9.97 Å². The van der Waals surface area contributed by atoms with Crippen molar-refractivity contribution in [2.24, 2.45) is 0 Å². The highest BCUT2D eigenvalue weighted by Gasteiger charge is 2.34. The van der Waals surface area contributed by atoms with Crippen LogP contribution < -0.4 is 30.7 Å². The lowest BCUT2D eigenvalue weighted by Crippen LogP contribution is -2.20. The van der Waals surface area contributed by atoms with Gasteiger partial charge in [0.1, 0.15) is 23.0 Å². The van der Waals surface area contributed by atoms with Gasteiger partial charge in [0.2, 0.25) is 0 Å². The highest BCUT2D eigenvalue weighted by Crippen LogP contribution is 2.37. The fraction of sp³-hybridized carbons (Fsp3) is 0.0769. The summed E-state index contributed by atoms with van der Waals surface area (Å²) in [6.45, 7) is 1.76. The van der Waals surface area contributed by atoms with Gasteiger partial charge in [-0.25, -0.2) is 9.59 Å². The zero-order chi connectivity index (χ0) is 41.2. The van der Waals surface area contributed by atoms with E-state index in [4.69, 9.17) is 32.7 Å². The smallest absolute Gasteiger partial charge is 0.417 e. The quantitative estimate of drug-likeness (QED) is 0.113. The Kier molecular flexibility index (Phi) is 13.4. The number of urea groups is 2. The van der Waals surface area contributed by atoms with Crippen LogP contribution in [0.3, 0.4) is 0 Å². The first-order chi connectivity index (χ1) is 27.0. The van der Waals surface area contributed by atoms with E-state index in [-0.39, 0.29) is 11.4 Å². The van der Waals surface area contributed by atoms with Gasteiger partial charge in [0, 0.05) is 41.3 Å². The fourth-order valence-corrected chi connectivity index (χ4v) is 5.20. The maximum atomic E-state index is 12.9. The molecular formula is C39H28Cl2F6N6O4. The second-order valence-electron chi connectivity index (χ2n) is 11.6. The van der Waals surface area contributed by atoms with Crippen molar-refractivity contribution >= 4 is 58.0 Å². The molecule has 294 valence electrons. The standard InChI is InChI=1S/C20H15ClF3N3O2.C19H13ClF3N3O2/c1-12-9-14(29-15-3-2-8-25-11-15)5-7-18(12)27-19(28)26-13-4-6-17(21)16(10-13)20(22,23)24;20-17-6-3-13(11-16(17)19(21,22)23)26-18(27)25-12-1-4-14(5-2-12)28-15-7-9-24-10-8-15/h2-11H,1H3,(H2,26,27,28);1-11H,(H2,25,26,27). The van der Waals surface area contributed by atoms with Crippen LogP contribution >= 0.6 is 23.2 Å². The predicted molar refractivity (Wildman–Crippen MR) is 204 cm³/mol. The zero-order valence-corrected chi connectivity index (χ0v) is 30.7. The first-order valence-electron chi connectivity index (χ1n) is 16.3. The molecule has 0 spiro atoms. The third-order valence-electron chi connectivity index (χ3n) is 7.37. The molecule has 57 heavy (non-hydrogen) atoms. The zero-order valence-electron chi connectivity index (χ0n) is 29.2. The Labute approximate surface area is 330 Å². The molecule has 0 radical (unpaired) electrons. The van der Waals surface area contributed by atoms with Crippen LogP contribution in [0.4, 0.5) is 58.7 Å². The number of benzene rings is 4. The molecule has 0 unspecified atom stereocenters. The Morgan fingerprint density at radius 3 is 1.56 bits per heavy atom. The molecule has 0 aliphatic heterocycles. The van der Waals surface area contributed by atoms with Crippen LogP contribution in [0.5, 0.6) is 23.0 Å². The van der Waals surface area contributed by atoms with Gasteiger partial charge in [-0.15, -0.1) is 0 Å². The molecule has 4 amide bonds. The van der Waals surface area contributed by atoms with Crippen molar-refractivity contribution in [1.29, 1.82) is 0 Å². The Bertz CT molecular complexity index is 2320. The van der Waals surface area contributed by atoms with Gasteiger partial charge in [0.25, 0.3) is 0 Å². The van der Waals surface area contributed by atoms with Crippen molar-refractivity contribution < 1.29 is 45.4 Å². The number of aryl methyl sites for hydroxylation is 1. The van der Waals surface area contributed by atoms with Gasteiger partial charge in [-0.2, -0.15) is 26.3 Å². The lowest BCUT2D eigenvalue weighted by molar-refractivity contribution is -0.138. The maximum Gasteiger partial charge on any atom is 0.417 e. The van der Waals surface area contributed by atoms with Gasteiger partial charge >= 0.3 is 24.4 Å². The Balaban J connectivity index is 0.000000218. The summed E-state index contributed by atoms with van der Waals surface area (Å²) in [4.78, 5) is 32.1. The van der Waals surface area contributed by atoms with E-state index in [0.717, 1.165) is 24.3 Å². The van der Waals surface area contributed by atoms with E-state index >= 15 is 0 Å². The highest BCUT2D eigenvalue weighted by atomic mass is 35.5. The van der Waals surface area contributed by atoms with Crippen molar-refractivity contribution in [2.75, 3.05) is 21.3 Å². The molecule has 18 heteroatoms. The van der Waals surface area contributed by atoms with Gasteiger partial charge in [0.05, 0.1) is 27.4 Å². The number of aromatic nitrogens is 2. The van der Waals surface area contributed by atoms with Crippen LogP contribution in [-0.2, 0) is 12.4 Å². The average Bonchev–Trinajstić information content (AvgIpc) is 3.15. The number of hydrogen-bond donors (Lipinski definition) is 4. The van der Waals surface area contributed by atoms with Crippen molar-refractivity contribution in [3.05, 3.63) is 155 Å². The third kappa shape index (κ3) is 12.5. The van der Waals surface area contributed by atoms with Gasteiger partial charge < -0.3 is 30.7 Å². The minimum atomic E-state index is -4.62. The summed E-state index contributed by atoms with van der Waals surface area (Å²) < 4.78 is 88.7. The summed E-state index contributed by atoms with van der Waals surface area (Å²) in [7, 11) is 0.